The van der Waals surface area contributed by atoms with E-state index in [1.807, 2.05) is 0 Å². The van der Waals surface area contributed by atoms with Gasteiger partial charge in [-0.05, 0) is 18.9 Å². The Hall–Kier alpha value is -1.85. The first-order valence-electron chi connectivity index (χ1n) is 5.62. The van der Waals surface area contributed by atoms with Gasteiger partial charge in [0, 0.05) is 26.2 Å². The first-order chi connectivity index (χ1) is 8.09. The SMILES string of the molecule is CC(=O)N1CCC(n2nccc2C(=O)O)CC1. The maximum Gasteiger partial charge on any atom is 0.354 e. The lowest BCUT2D eigenvalue weighted by atomic mass is 10.1. The van der Waals surface area contributed by atoms with Crippen LogP contribution in [0.5, 0.6) is 0 Å². The quantitative estimate of drug-likeness (QED) is 0.824. The number of carbonyl (C=O) groups is 2. The molecule has 1 saturated heterocycles. The van der Waals surface area contributed by atoms with Gasteiger partial charge in [0.05, 0.1) is 6.04 Å². The molecule has 0 saturated carbocycles. The van der Waals surface area contributed by atoms with Crippen LogP contribution in [0, 0.1) is 0 Å². The summed E-state index contributed by atoms with van der Waals surface area (Å²) in [4.78, 5) is 23.9. The molecule has 1 N–H and O–H groups in total. The number of hydrogen-bond donors (Lipinski definition) is 1. The third-order valence-electron chi connectivity index (χ3n) is 3.15. The number of rotatable bonds is 2. The predicted octanol–water partition coefficient (Wildman–Crippen LogP) is 0.765. The van der Waals surface area contributed by atoms with Crippen molar-refractivity contribution in [2.45, 2.75) is 25.8 Å². The van der Waals surface area contributed by atoms with Gasteiger partial charge in [0.1, 0.15) is 5.69 Å². The molecule has 1 aromatic heterocycles. The Morgan fingerprint density at radius 3 is 2.59 bits per heavy atom. The number of carbonyl (C=O) groups excluding carboxylic acids is 1. The molecule has 0 atom stereocenters. The van der Waals surface area contributed by atoms with Crippen LogP contribution in [0.3, 0.4) is 0 Å². The first kappa shape index (κ1) is 11.6. The van der Waals surface area contributed by atoms with E-state index in [1.54, 1.807) is 16.5 Å². The molecule has 0 bridgehead atoms. The fraction of sp³-hybridized carbons (Fsp3) is 0.545. The van der Waals surface area contributed by atoms with Crippen molar-refractivity contribution < 1.29 is 14.7 Å². The minimum Gasteiger partial charge on any atom is -0.477 e. The van der Waals surface area contributed by atoms with Gasteiger partial charge in [-0.3, -0.25) is 9.48 Å². The van der Waals surface area contributed by atoms with E-state index in [0.29, 0.717) is 13.1 Å². The van der Waals surface area contributed by atoms with Crippen molar-refractivity contribution in [1.82, 2.24) is 14.7 Å². The number of carboxylic acid groups (broad SMARTS) is 1. The summed E-state index contributed by atoms with van der Waals surface area (Å²) in [6.45, 7) is 2.88. The lowest BCUT2D eigenvalue weighted by Crippen LogP contribution is -2.38. The van der Waals surface area contributed by atoms with Crippen LogP contribution in [0.1, 0.15) is 36.3 Å². The van der Waals surface area contributed by atoms with Crippen LogP contribution >= 0.6 is 0 Å². The smallest absolute Gasteiger partial charge is 0.354 e. The third kappa shape index (κ3) is 2.30. The maximum absolute atomic E-state index is 11.2. The van der Waals surface area contributed by atoms with E-state index < -0.39 is 5.97 Å². The summed E-state index contributed by atoms with van der Waals surface area (Å²) in [5, 5.41) is 13.1. The summed E-state index contributed by atoms with van der Waals surface area (Å²) in [6.07, 6.45) is 3.00. The molecule has 1 fully saturated rings. The Kier molecular flexibility index (Phi) is 3.12. The van der Waals surface area contributed by atoms with Crippen LogP contribution in [-0.2, 0) is 4.79 Å². The molecule has 0 radical (unpaired) electrons. The molecule has 0 spiro atoms. The predicted molar refractivity (Wildman–Crippen MR) is 59.7 cm³/mol. The van der Waals surface area contributed by atoms with Crippen molar-refractivity contribution in [3.63, 3.8) is 0 Å². The lowest BCUT2D eigenvalue weighted by Gasteiger charge is -2.31. The normalized spacial score (nSPS) is 17.1. The molecule has 92 valence electrons. The van der Waals surface area contributed by atoms with Crippen molar-refractivity contribution in [3.05, 3.63) is 18.0 Å². The topological polar surface area (TPSA) is 75.4 Å². The zero-order valence-electron chi connectivity index (χ0n) is 9.67. The highest BCUT2D eigenvalue weighted by molar-refractivity contribution is 5.85. The highest BCUT2D eigenvalue weighted by Gasteiger charge is 2.25. The van der Waals surface area contributed by atoms with Crippen molar-refractivity contribution in [2.24, 2.45) is 0 Å². The Morgan fingerprint density at radius 2 is 2.06 bits per heavy atom. The monoisotopic (exact) mass is 237 g/mol. The van der Waals surface area contributed by atoms with Gasteiger partial charge < -0.3 is 10.0 Å². The molecule has 1 amide bonds. The Labute approximate surface area is 98.8 Å². The molecule has 6 nitrogen and oxygen atoms in total. The minimum absolute atomic E-state index is 0.0716. The third-order valence-corrected chi connectivity index (χ3v) is 3.15. The second-order valence-corrected chi connectivity index (χ2v) is 4.20. The van der Waals surface area contributed by atoms with E-state index in [-0.39, 0.29) is 17.6 Å². The number of carboxylic acids is 1. The average molecular weight is 237 g/mol. The summed E-state index contributed by atoms with van der Waals surface area (Å²) in [5.41, 5.74) is 0.214. The van der Waals surface area contributed by atoms with Gasteiger partial charge in [-0.25, -0.2) is 4.79 Å². The van der Waals surface area contributed by atoms with Crippen LogP contribution in [0.25, 0.3) is 0 Å². The van der Waals surface area contributed by atoms with Crippen LogP contribution in [-0.4, -0.2) is 44.8 Å². The number of aromatic carboxylic acids is 1. The first-order valence-corrected chi connectivity index (χ1v) is 5.62. The second-order valence-electron chi connectivity index (χ2n) is 4.20. The molecule has 2 heterocycles. The number of hydrogen-bond acceptors (Lipinski definition) is 3. The zero-order valence-corrected chi connectivity index (χ0v) is 9.67. The fourth-order valence-electron chi connectivity index (χ4n) is 2.20. The van der Waals surface area contributed by atoms with Gasteiger partial charge in [-0.2, -0.15) is 5.10 Å². The van der Waals surface area contributed by atoms with E-state index in [0.717, 1.165) is 12.8 Å². The maximum atomic E-state index is 11.2. The highest BCUT2D eigenvalue weighted by atomic mass is 16.4. The van der Waals surface area contributed by atoms with Crippen molar-refractivity contribution >= 4 is 11.9 Å². The number of piperidine rings is 1. The van der Waals surface area contributed by atoms with Crippen molar-refractivity contribution in [3.8, 4) is 0 Å². The minimum atomic E-state index is -0.962. The van der Waals surface area contributed by atoms with Gasteiger partial charge in [-0.15, -0.1) is 0 Å². The Balaban J connectivity index is 2.08. The Bertz CT molecular complexity index is 433. The molecular formula is C11H15N3O3. The van der Waals surface area contributed by atoms with Crippen molar-refractivity contribution in [1.29, 1.82) is 0 Å². The molecule has 1 aliphatic heterocycles. The zero-order chi connectivity index (χ0) is 12.4. The van der Waals surface area contributed by atoms with Crippen LogP contribution < -0.4 is 0 Å². The summed E-state index contributed by atoms with van der Waals surface area (Å²) in [5.74, 6) is -0.890. The molecule has 0 aliphatic carbocycles. The fourth-order valence-corrected chi connectivity index (χ4v) is 2.20. The molecule has 0 aromatic carbocycles. The number of amides is 1. The second kappa shape index (κ2) is 4.57. The highest BCUT2D eigenvalue weighted by Crippen LogP contribution is 2.23. The molecule has 6 heteroatoms. The lowest BCUT2D eigenvalue weighted by molar-refractivity contribution is -0.130. The van der Waals surface area contributed by atoms with E-state index >= 15 is 0 Å². The van der Waals surface area contributed by atoms with Gasteiger partial charge in [0.25, 0.3) is 0 Å². The van der Waals surface area contributed by atoms with E-state index in [2.05, 4.69) is 5.10 Å². The number of likely N-dealkylation sites (tertiary alicyclic amines) is 1. The molecular weight excluding hydrogens is 222 g/mol. The van der Waals surface area contributed by atoms with Crippen LogP contribution in [0.4, 0.5) is 0 Å². The van der Waals surface area contributed by atoms with E-state index in [9.17, 15) is 9.59 Å². The van der Waals surface area contributed by atoms with Gasteiger partial charge in [0.2, 0.25) is 5.91 Å². The molecule has 2 rings (SSSR count). The molecule has 1 aliphatic rings. The summed E-state index contributed by atoms with van der Waals surface area (Å²) < 4.78 is 1.56. The van der Waals surface area contributed by atoms with Crippen molar-refractivity contribution in [2.75, 3.05) is 13.1 Å². The van der Waals surface area contributed by atoms with Gasteiger partial charge >= 0.3 is 5.97 Å². The number of nitrogens with zero attached hydrogens (tertiary/aromatic N) is 3. The van der Waals surface area contributed by atoms with Gasteiger partial charge in [-0.1, -0.05) is 0 Å². The molecule has 17 heavy (non-hydrogen) atoms. The Morgan fingerprint density at radius 1 is 1.41 bits per heavy atom. The van der Waals surface area contributed by atoms with Gasteiger partial charge in [0.15, 0.2) is 0 Å². The van der Waals surface area contributed by atoms with Crippen LogP contribution in [0.2, 0.25) is 0 Å². The largest absolute Gasteiger partial charge is 0.477 e. The molecule has 1 aromatic rings. The molecule has 0 unspecified atom stereocenters. The standard InChI is InChI=1S/C11H15N3O3/c1-8(15)13-6-3-9(4-7-13)14-10(11(16)17)2-5-12-14/h2,5,9H,3-4,6-7H2,1H3,(H,16,17). The average Bonchev–Trinajstić information content (AvgIpc) is 2.78. The number of aromatic nitrogens is 2. The van der Waals surface area contributed by atoms with Crippen LogP contribution in [0.15, 0.2) is 12.3 Å². The van der Waals surface area contributed by atoms with E-state index in [1.165, 1.54) is 12.3 Å². The summed E-state index contributed by atoms with van der Waals surface area (Å²) in [6, 6.07) is 1.58. The van der Waals surface area contributed by atoms with E-state index in [4.69, 9.17) is 5.11 Å². The summed E-state index contributed by atoms with van der Waals surface area (Å²) >= 11 is 0. The summed E-state index contributed by atoms with van der Waals surface area (Å²) in [7, 11) is 0.